The third-order valence-electron chi connectivity index (χ3n) is 3.03. The van der Waals surface area contributed by atoms with Crippen molar-refractivity contribution in [2.24, 2.45) is 0 Å². The molecule has 22 heavy (non-hydrogen) atoms. The first-order valence-corrected chi connectivity index (χ1v) is 7.53. The number of halogens is 2. The fraction of sp³-hybridized carbons (Fsp3) is 0.286. The lowest BCUT2D eigenvalue weighted by atomic mass is 10.1. The predicted octanol–water partition coefficient (Wildman–Crippen LogP) is 2.81. The number of methoxy groups -OCH3 is 2. The smallest absolute Gasteiger partial charge is 0.220 e. The number of anilines is 1. The molecular formula is C14H15F2N3O2S. The van der Waals surface area contributed by atoms with E-state index in [0.29, 0.717) is 23.1 Å². The van der Waals surface area contributed by atoms with Gasteiger partial charge in [-0.05, 0) is 17.9 Å². The molecule has 0 radical (unpaired) electrons. The number of nitrogens with zero attached hydrogens (tertiary/aromatic N) is 2. The van der Waals surface area contributed by atoms with Crippen LogP contribution in [0, 0.1) is 11.6 Å². The minimum absolute atomic E-state index is 0.260. The minimum atomic E-state index is -1.08. The quantitative estimate of drug-likeness (QED) is 0.852. The molecule has 2 rings (SSSR count). The van der Waals surface area contributed by atoms with Crippen LogP contribution in [-0.2, 0) is 0 Å². The van der Waals surface area contributed by atoms with Crippen molar-refractivity contribution in [1.29, 1.82) is 0 Å². The lowest BCUT2D eigenvalue weighted by Gasteiger charge is -2.17. The van der Waals surface area contributed by atoms with Crippen LogP contribution in [0.3, 0.4) is 0 Å². The van der Waals surface area contributed by atoms with Gasteiger partial charge < -0.3 is 15.2 Å². The Labute approximate surface area is 130 Å². The molecule has 2 N–H and O–H groups in total. The van der Waals surface area contributed by atoms with Crippen molar-refractivity contribution < 1.29 is 18.3 Å². The van der Waals surface area contributed by atoms with Crippen LogP contribution in [-0.4, -0.2) is 30.4 Å². The maximum atomic E-state index is 13.7. The zero-order chi connectivity index (χ0) is 16.3. The molecule has 0 saturated carbocycles. The Balaban J connectivity index is 2.55. The van der Waals surface area contributed by atoms with Crippen LogP contribution in [0.4, 0.5) is 14.5 Å². The van der Waals surface area contributed by atoms with E-state index in [1.165, 1.54) is 38.1 Å². The fourth-order valence-electron chi connectivity index (χ4n) is 1.93. The molecule has 1 unspecified atom stereocenters. The molecule has 0 aliphatic carbocycles. The summed E-state index contributed by atoms with van der Waals surface area (Å²) in [5.41, 5.74) is 5.82. The van der Waals surface area contributed by atoms with Gasteiger partial charge >= 0.3 is 0 Å². The van der Waals surface area contributed by atoms with Gasteiger partial charge in [-0.3, -0.25) is 0 Å². The summed E-state index contributed by atoms with van der Waals surface area (Å²) >= 11 is 1.34. The second-order valence-electron chi connectivity index (χ2n) is 4.29. The van der Waals surface area contributed by atoms with Crippen molar-refractivity contribution in [3.05, 3.63) is 41.2 Å². The van der Waals surface area contributed by atoms with Crippen LogP contribution in [0.25, 0.3) is 0 Å². The molecule has 5 nitrogen and oxygen atoms in total. The van der Waals surface area contributed by atoms with E-state index >= 15 is 0 Å². The number of nitrogen functional groups attached to an aromatic ring is 1. The van der Waals surface area contributed by atoms with Gasteiger partial charge in [-0.15, -0.1) is 11.8 Å². The van der Waals surface area contributed by atoms with Gasteiger partial charge in [0, 0.05) is 0 Å². The van der Waals surface area contributed by atoms with Crippen molar-refractivity contribution in [2.75, 3.05) is 26.2 Å². The molecule has 0 aliphatic heterocycles. The zero-order valence-electron chi connectivity index (χ0n) is 12.3. The first-order valence-electron chi connectivity index (χ1n) is 6.25. The van der Waals surface area contributed by atoms with Crippen molar-refractivity contribution in [2.45, 2.75) is 5.25 Å². The number of ether oxygens (including phenoxy) is 2. The van der Waals surface area contributed by atoms with Gasteiger partial charge in [0.1, 0.15) is 0 Å². The summed E-state index contributed by atoms with van der Waals surface area (Å²) in [6.45, 7) is 0. The number of aromatic nitrogens is 2. The molecule has 2 aromatic rings. The van der Waals surface area contributed by atoms with E-state index < -0.39 is 16.9 Å². The lowest BCUT2D eigenvalue weighted by Crippen LogP contribution is -2.09. The summed E-state index contributed by atoms with van der Waals surface area (Å²) in [5, 5.41) is -0.487. The summed E-state index contributed by atoms with van der Waals surface area (Å²) in [4.78, 5) is 8.47. The topological polar surface area (TPSA) is 70.3 Å². The van der Waals surface area contributed by atoms with Crippen LogP contribution in [0.15, 0.2) is 18.2 Å². The molecule has 0 aliphatic rings. The zero-order valence-corrected chi connectivity index (χ0v) is 13.1. The summed E-state index contributed by atoms with van der Waals surface area (Å²) in [7, 11) is 2.93. The number of benzene rings is 1. The molecule has 118 valence electrons. The molecule has 0 spiro atoms. The van der Waals surface area contributed by atoms with E-state index in [4.69, 9.17) is 15.2 Å². The second-order valence-corrected chi connectivity index (χ2v) is 5.23. The number of nitrogens with two attached hydrogens (primary N) is 1. The van der Waals surface area contributed by atoms with E-state index in [0.717, 1.165) is 6.07 Å². The number of hydrogen-bond donors (Lipinski definition) is 1. The Kier molecular flexibility index (Phi) is 5.02. The Morgan fingerprint density at radius 2 is 1.73 bits per heavy atom. The molecule has 0 bridgehead atoms. The third-order valence-corrected chi connectivity index (χ3v) is 3.97. The van der Waals surface area contributed by atoms with Gasteiger partial charge in [-0.25, -0.2) is 8.78 Å². The summed E-state index contributed by atoms with van der Waals surface area (Å²) in [6.07, 6.45) is 1.79. The average molecular weight is 327 g/mol. The van der Waals surface area contributed by atoms with E-state index in [9.17, 15) is 8.78 Å². The van der Waals surface area contributed by atoms with Gasteiger partial charge in [0.25, 0.3) is 0 Å². The van der Waals surface area contributed by atoms with Crippen molar-refractivity contribution in [1.82, 2.24) is 9.97 Å². The largest absolute Gasteiger partial charge is 0.481 e. The highest BCUT2D eigenvalue weighted by Gasteiger charge is 2.23. The highest BCUT2D eigenvalue weighted by molar-refractivity contribution is 7.99. The Bertz CT molecular complexity index is 663. The van der Waals surface area contributed by atoms with E-state index in [1.807, 2.05) is 0 Å². The van der Waals surface area contributed by atoms with Crippen molar-refractivity contribution in [3.8, 4) is 11.8 Å². The highest BCUT2D eigenvalue weighted by atomic mass is 32.2. The maximum Gasteiger partial charge on any atom is 0.220 e. The van der Waals surface area contributed by atoms with Crippen LogP contribution in [0.2, 0.25) is 0 Å². The maximum absolute atomic E-state index is 13.7. The van der Waals surface area contributed by atoms with Crippen LogP contribution >= 0.6 is 11.8 Å². The first-order chi connectivity index (χ1) is 10.5. The number of hydrogen-bond acceptors (Lipinski definition) is 6. The Morgan fingerprint density at radius 1 is 1.14 bits per heavy atom. The second kappa shape index (κ2) is 6.78. The molecule has 8 heteroatoms. The third kappa shape index (κ3) is 3.06. The van der Waals surface area contributed by atoms with Crippen LogP contribution in [0.1, 0.15) is 16.6 Å². The van der Waals surface area contributed by atoms with Gasteiger partial charge in [-0.2, -0.15) is 9.97 Å². The number of rotatable bonds is 5. The van der Waals surface area contributed by atoms with Crippen molar-refractivity contribution in [3.63, 3.8) is 0 Å². The predicted molar refractivity (Wildman–Crippen MR) is 81.3 cm³/mol. The first kappa shape index (κ1) is 16.3. The molecular weight excluding hydrogens is 312 g/mol. The average Bonchev–Trinajstić information content (AvgIpc) is 2.55. The molecule has 1 aromatic heterocycles. The van der Waals surface area contributed by atoms with Crippen molar-refractivity contribution >= 4 is 17.4 Å². The SMILES string of the molecule is COc1cc(OC)nc(C(SC)c2ccc(F)c(F)c2N)n1. The van der Waals surface area contributed by atoms with E-state index in [1.54, 1.807) is 6.26 Å². The molecule has 0 saturated heterocycles. The van der Waals surface area contributed by atoms with Gasteiger partial charge in [0.05, 0.1) is 31.2 Å². The normalized spacial score (nSPS) is 12.0. The fourth-order valence-corrected chi connectivity index (χ4v) is 2.70. The lowest BCUT2D eigenvalue weighted by molar-refractivity contribution is 0.368. The summed E-state index contributed by atoms with van der Waals surface area (Å²) in [5.74, 6) is -1.12. The summed E-state index contributed by atoms with van der Waals surface area (Å²) in [6, 6.07) is 3.97. The highest BCUT2D eigenvalue weighted by Crippen LogP contribution is 2.37. The van der Waals surface area contributed by atoms with E-state index in [-0.39, 0.29) is 5.69 Å². The minimum Gasteiger partial charge on any atom is -0.481 e. The monoisotopic (exact) mass is 327 g/mol. The van der Waals surface area contributed by atoms with Gasteiger partial charge in [0.15, 0.2) is 17.5 Å². The Morgan fingerprint density at radius 3 is 2.23 bits per heavy atom. The van der Waals surface area contributed by atoms with E-state index in [2.05, 4.69) is 9.97 Å². The van der Waals surface area contributed by atoms with Gasteiger partial charge in [0.2, 0.25) is 11.8 Å². The number of thioether (sulfide) groups is 1. The summed E-state index contributed by atoms with van der Waals surface area (Å²) < 4.78 is 37.1. The molecule has 0 fully saturated rings. The van der Waals surface area contributed by atoms with Crippen LogP contribution in [0.5, 0.6) is 11.8 Å². The standard InChI is InChI=1S/C14H15F2N3O2S/c1-20-9-6-10(21-2)19-14(18-9)13(22-3)7-4-5-8(15)11(16)12(7)17/h4-6,13H,17H2,1-3H3. The molecule has 1 aromatic carbocycles. The molecule has 1 heterocycles. The molecule has 0 amide bonds. The van der Waals surface area contributed by atoms with Crippen LogP contribution < -0.4 is 15.2 Å². The Hall–Kier alpha value is -2.09. The van der Waals surface area contributed by atoms with Gasteiger partial charge in [-0.1, -0.05) is 6.07 Å². The molecule has 1 atom stereocenters.